The highest BCUT2D eigenvalue weighted by atomic mass is 16.6. The van der Waals surface area contributed by atoms with Crippen LogP contribution in [-0.4, -0.2) is 24.2 Å². The molecular weight excluding hydrogens is 170 g/mol. The highest BCUT2D eigenvalue weighted by Crippen LogP contribution is 2.15. The van der Waals surface area contributed by atoms with Crippen molar-refractivity contribution in [2.75, 3.05) is 6.54 Å². The van der Waals surface area contributed by atoms with Gasteiger partial charge in [0.15, 0.2) is 0 Å². The van der Waals surface area contributed by atoms with Crippen molar-refractivity contribution in [3.63, 3.8) is 0 Å². The van der Waals surface area contributed by atoms with Gasteiger partial charge >= 0.3 is 5.97 Å². The molecule has 0 aromatic carbocycles. The number of nitrogens with zero attached hydrogens (tertiary/aromatic N) is 1. The fourth-order valence-electron chi connectivity index (χ4n) is 0.700. The van der Waals surface area contributed by atoms with Crippen molar-refractivity contribution < 1.29 is 14.3 Å². The second-order valence-corrected chi connectivity index (χ2v) is 2.84. The number of carbonyl (C=O) groups excluding carboxylic acids is 2. The monoisotopic (exact) mass is 183 g/mol. The molecule has 0 fully saturated rings. The van der Waals surface area contributed by atoms with Crippen molar-refractivity contribution in [3.05, 3.63) is 12.7 Å². The number of isocyanates is 1. The van der Waals surface area contributed by atoms with Crippen LogP contribution in [0.4, 0.5) is 0 Å². The Kier molecular flexibility index (Phi) is 4.70. The summed E-state index contributed by atoms with van der Waals surface area (Å²) in [6.45, 7) is 6.96. The Morgan fingerprint density at radius 3 is 2.77 bits per heavy atom. The van der Waals surface area contributed by atoms with E-state index in [9.17, 15) is 9.59 Å². The molecule has 0 aliphatic carbocycles. The van der Waals surface area contributed by atoms with E-state index < -0.39 is 11.6 Å². The predicted molar refractivity (Wildman–Crippen MR) is 48.0 cm³/mol. The van der Waals surface area contributed by atoms with Crippen LogP contribution in [0, 0.1) is 0 Å². The molecule has 0 aliphatic heterocycles. The lowest BCUT2D eigenvalue weighted by molar-refractivity contribution is -0.151. The lowest BCUT2D eigenvalue weighted by Gasteiger charge is -2.24. The minimum Gasteiger partial charge on any atom is -0.454 e. The van der Waals surface area contributed by atoms with Crippen LogP contribution in [0.15, 0.2) is 17.6 Å². The molecule has 0 heterocycles. The third-order valence-corrected chi connectivity index (χ3v) is 1.74. The highest BCUT2D eigenvalue weighted by molar-refractivity contribution is 5.81. The summed E-state index contributed by atoms with van der Waals surface area (Å²) < 4.78 is 5.01. The summed E-state index contributed by atoms with van der Waals surface area (Å²) in [5.74, 6) is -0.509. The van der Waals surface area contributed by atoms with Gasteiger partial charge in [-0.2, -0.15) is 0 Å². The van der Waals surface area contributed by atoms with E-state index in [1.54, 1.807) is 6.92 Å². The topological polar surface area (TPSA) is 55.7 Å². The van der Waals surface area contributed by atoms with Crippen LogP contribution in [0.5, 0.6) is 0 Å². The van der Waals surface area contributed by atoms with Crippen LogP contribution in [0.2, 0.25) is 0 Å². The first-order valence-corrected chi connectivity index (χ1v) is 3.97. The van der Waals surface area contributed by atoms with Crippen LogP contribution in [0.25, 0.3) is 0 Å². The summed E-state index contributed by atoms with van der Waals surface area (Å²) in [7, 11) is 0. The fraction of sp³-hybridized carbons (Fsp3) is 0.556. The van der Waals surface area contributed by atoms with E-state index in [2.05, 4.69) is 11.6 Å². The van der Waals surface area contributed by atoms with Gasteiger partial charge in [-0.25, -0.2) is 14.6 Å². The maximum Gasteiger partial charge on any atom is 0.330 e. The third-order valence-electron chi connectivity index (χ3n) is 1.74. The van der Waals surface area contributed by atoms with Crippen molar-refractivity contribution in [1.82, 2.24) is 0 Å². The number of aliphatic imine (C=N–C) groups is 1. The molecule has 0 saturated heterocycles. The Hall–Kier alpha value is -1.41. The van der Waals surface area contributed by atoms with Gasteiger partial charge in [0.1, 0.15) is 5.60 Å². The van der Waals surface area contributed by atoms with Gasteiger partial charge in [-0.05, 0) is 13.3 Å². The number of hydrogen-bond donors (Lipinski definition) is 0. The van der Waals surface area contributed by atoms with Crippen LogP contribution in [0.3, 0.4) is 0 Å². The van der Waals surface area contributed by atoms with E-state index in [1.807, 2.05) is 6.92 Å². The summed E-state index contributed by atoms with van der Waals surface area (Å²) in [6, 6.07) is 0. The summed E-state index contributed by atoms with van der Waals surface area (Å²) in [5, 5.41) is 0. The average molecular weight is 183 g/mol. The largest absolute Gasteiger partial charge is 0.454 e. The highest BCUT2D eigenvalue weighted by Gasteiger charge is 2.25. The lowest BCUT2D eigenvalue weighted by atomic mass is 10.0. The van der Waals surface area contributed by atoms with Gasteiger partial charge in [0.05, 0.1) is 6.54 Å². The molecule has 1 atom stereocenters. The molecule has 0 aliphatic rings. The Morgan fingerprint density at radius 1 is 1.77 bits per heavy atom. The molecule has 72 valence electrons. The van der Waals surface area contributed by atoms with Crippen LogP contribution in [-0.2, 0) is 14.3 Å². The van der Waals surface area contributed by atoms with Crippen molar-refractivity contribution in [3.8, 4) is 0 Å². The van der Waals surface area contributed by atoms with E-state index in [0.29, 0.717) is 6.42 Å². The van der Waals surface area contributed by atoms with Crippen LogP contribution >= 0.6 is 0 Å². The minimum atomic E-state index is -0.733. The molecule has 4 heteroatoms. The van der Waals surface area contributed by atoms with Crippen molar-refractivity contribution in [2.45, 2.75) is 25.9 Å². The van der Waals surface area contributed by atoms with Crippen molar-refractivity contribution in [1.29, 1.82) is 0 Å². The molecule has 0 saturated carbocycles. The predicted octanol–water partition coefficient (Wildman–Crippen LogP) is 1.22. The molecule has 0 radical (unpaired) electrons. The molecule has 0 spiro atoms. The minimum absolute atomic E-state index is 0.132. The maximum atomic E-state index is 10.9. The van der Waals surface area contributed by atoms with Gasteiger partial charge in [0, 0.05) is 6.08 Å². The van der Waals surface area contributed by atoms with Gasteiger partial charge < -0.3 is 4.74 Å². The molecule has 13 heavy (non-hydrogen) atoms. The number of hydrogen-bond acceptors (Lipinski definition) is 4. The molecule has 0 bridgehead atoms. The molecule has 0 aromatic heterocycles. The quantitative estimate of drug-likeness (QED) is 0.279. The van der Waals surface area contributed by atoms with Gasteiger partial charge in [0.25, 0.3) is 0 Å². The molecule has 4 nitrogen and oxygen atoms in total. The smallest absolute Gasteiger partial charge is 0.330 e. The van der Waals surface area contributed by atoms with E-state index in [1.165, 1.54) is 6.08 Å². The summed E-state index contributed by atoms with van der Waals surface area (Å²) in [6.07, 6.45) is 3.07. The summed E-state index contributed by atoms with van der Waals surface area (Å²) in [4.78, 5) is 24.1. The maximum absolute atomic E-state index is 10.9. The molecule has 0 aromatic rings. The van der Waals surface area contributed by atoms with E-state index in [4.69, 9.17) is 4.74 Å². The first-order valence-electron chi connectivity index (χ1n) is 3.97. The number of rotatable bonds is 5. The first kappa shape index (κ1) is 11.6. The standard InChI is InChI=1S/C9H13NO3/c1-4-8(12)13-9(3,5-2)6-10-7-11/h4H,1,5-6H2,2-3H3. The normalized spacial score (nSPS) is 13.7. The Labute approximate surface area is 77.3 Å². The van der Waals surface area contributed by atoms with E-state index in [0.717, 1.165) is 6.08 Å². The Balaban J connectivity index is 4.34. The summed E-state index contributed by atoms with van der Waals surface area (Å²) >= 11 is 0. The second-order valence-electron chi connectivity index (χ2n) is 2.84. The zero-order valence-corrected chi connectivity index (χ0v) is 7.87. The molecular formula is C9H13NO3. The van der Waals surface area contributed by atoms with E-state index >= 15 is 0 Å². The first-order chi connectivity index (χ1) is 6.08. The lowest BCUT2D eigenvalue weighted by Crippen LogP contribution is -2.33. The van der Waals surface area contributed by atoms with E-state index in [-0.39, 0.29) is 6.54 Å². The molecule has 0 amide bonds. The zero-order chi connectivity index (χ0) is 10.3. The number of carbonyl (C=O) groups is 1. The average Bonchev–Trinajstić information content (AvgIpc) is 2.14. The SMILES string of the molecule is C=CC(=O)OC(C)(CC)CN=C=O. The molecule has 0 N–H and O–H groups in total. The van der Waals surface area contributed by atoms with Gasteiger partial charge in [-0.1, -0.05) is 13.5 Å². The zero-order valence-electron chi connectivity index (χ0n) is 7.87. The van der Waals surface area contributed by atoms with Gasteiger partial charge in [0.2, 0.25) is 6.08 Å². The van der Waals surface area contributed by atoms with Crippen molar-refractivity contribution in [2.24, 2.45) is 4.99 Å². The number of ether oxygens (including phenoxy) is 1. The molecule has 1 unspecified atom stereocenters. The second kappa shape index (κ2) is 5.27. The third kappa shape index (κ3) is 4.23. The number of esters is 1. The summed E-state index contributed by atoms with van der Waals surface area (Å²) in [5.41, 5.74) is -0.733. The Morgan fingerprint density at radius 2 is 2.38 bits per heavy atom. The fourth-order valence-corrected chi connectivity index (χ4v) is 0.700. The van der Waals surface area contributed by atoms with Crippen LogP contribution in [0.1, 0.15) is 20.3 Å². The van der Waals surface area contributed by atoms with Crippen LogP contribution < -0.4 is 0 Å². The Bertz CT molecular complexity index is 243. The van der Waals surface area contributed by atoms with Crippen molar-refractivity contribution >= 4 is 12.0 Å². The van der Waals surface area contributed by atoms with Gasteiger partial charge in [-0.3, -0.25) is 0 Å². The van der Waals surface area contributed by atoms with Gasteiger partial charge in [-0.15, -0.1) is 0 Å². The molecule has 0 rings (SSSR count).